The van der Waals surface area contributed by atoms with Crippen molar-refractivity contribution in [2.45, 2.75) is 6.92 Å². The minimum absolute atomic E-state index is 0.483. The Bertz CT molecular complexity index is 416. The quantitative estimate of drug-likeness (QED) is 0.723. The highest BCUT2D eigenvalue weighted by atomic mass is 16.5. The molecule has 0 aliphatic heterocycles. The molecule has 0 saturated heterocycles. The standard InChI is InChI=1S/C11H14N2O3/c1-7-4-5-9(16-3)8(6-7)13-11(15)10(14)12-2/h4-6H,1-3H3,(H,12,14)(H,13,15). The lowest BCUT2D eigenvalue weighted by Gasteiger charge is -2.10. The number of hydrogen-bond acceptors (Lipinski definition) is 3. The second-order valence-electron chi connectivity index (χ2n) is 3.24. The third-order valence-electron chi connectivity index (χ3n) is 2.04. The maximum absolute atomic E-state index is 11.3. The summed E-state index contributed by atoms with van der Waals surface area (Å²) in [6, 6.07) is 5.32. The summed E-state index contributed by atoms with van der Waals surface area (Å²) in [5.74, 6) is -0.891. The second kappa shape index (κ2) is 5.16. The third kappa shape index (κ3) is 2.73. The first-order chi connectivity index (χ1) is 7.58. The minimum Gasteiger partial charge on any atom is -0.495 e. The van der Waals surface area contributed by atoms with Crippen LogP contribution in [0.5, 0.6) is 5.75 Å². The van der Waals surface area contributed by atoms with E-state index in [1.54, 1.807) is 12.1 Å². The van der Waals surface area contributed by atoms with Crippen LogP contribution in [0.25, 0.3) is 0 Å². The third-order valence-corrected chi connectivity index (χ3v) is 2.04. The Morgan fingerprint density at radius 1 is 1.25 bits per heavy atom. The Kier molecular flexibility index (Phi) is 3.88. The molecule has 1 aromatic carbocycles. The number of nitrogens with one attached hydrogen (secondary N) is 2. The number of hydrogen-bond donors (Lipinski definition) is 2. The van der Waals surface area contributed by atoms with Gasteiger partial charge in [0.05, 0.1) is 12.8 Å². The molecule has 1 aromatic rings. The molecule has 0 radical (unpaired) electrons. The zero-order chi connectivity index (χ0) is 12.1. The molecule has 0 aromatic heterocycles. The molecule has 0 fully saturated rings. The van der Waals surface area contributed by atoms with Crippen molar-refractivity contribution in [1.82, 2.24) is 5.32 Å². The summed E-state index contributed by atoms with van der Waals surface area (Å²) in [5.41, 5.74) is 1.45. The van der Waals surface area contributed by atoms with Crippen LogP contribution < -0.4 is 15.4 Å². The Labute approximate surface area is 93.8 Å². The Morgan fingerprint density at radius 2 is 1.94 bits per heavy atom. The monoisotopic (exact) mass is 222 g/mol. The number of benzene rings is 1. The molecule has 2 N–H and O–H groups in total. The van der Waals surface area contributed by atoms with Crippen molar-refractivity contribution in [1.29, 1.82) is 0 Å². The first-order valence-electron chi connectivity index (χ1n) is 4.76. The van der Waals surface area contributed by atoms with Gasteiger partial charge in [-0.25, -0.2) is 0 Å². The van der Waals surface area contributed by atoms with Gasteiger partial charge in [0.1, 0.15) is 5.75 Å². The van der Waals surface area contributed by atoms with E-state index < -0.39 is 11.8 Å². The van der Waals surface area contributed by atoms with Crippen molar-refractivity contribution in [3.05, 3.63) is 23.8 Å². The Morgan fingerprint density at radius 3 is 2.50 bits per heavy atom. The lowest BCUT2D eigenvalue weighted by atomic mass is 10.2. The number of amides is 2. The predicted octanol–water partition coefficient (Wildman–Crippen LogP) is 0.688. The van der Waals surface area contributed by atoms with Crippen LogP contribution in [0.3, 0.4) is 0 Å². The Hall–Kier alpha value is -2.04. The molecule has 2 amide bonds. The molecule has 0 bridgehead atoms. The van der Waals surface area contributed by atoms with Crippen LogP contribution in [0.4, 0.5) is 5.69 Å². The summed E-state index contributed by atoms with van der Waals surface area (Å²) in [6.07, 6.45) is 0. The van der Waals surface area contributed by atoms with Gasteiger partial charge >= 0.3 is 11.8 Å². The van der Waals surface area contributed by atoms with Gasteiger partial charge in [0.15, 0.2) is 0 Å². The first-order valence-corrected chi connectivity index (χ1v) is 4.76. The molecule has 86 valence electrons. The van der Waals surface area contributed by atoms with E-state index in [9.17, 15) is 9.59 Å². The smallest absolute Gasteiger partial charge is 0.313 e. The van der Waals surface area contributed by atoms with Crippen molar-refractivity contribution >= 4 is 17.5 Å². The fourth-order valence-corrected chi connectivity index (χ4v) is 1.21. The number of anilines is 1. The topological polar surface area (TPSA) is 67.4 Å². The van der Waals surface area contributed by atoms with E-state index in [1.165, 1.54) is 14.2 Å². The molecule has 0 heterocycles. The molecule has 1 rings (SSSR count). The lowest BCUT2D eigenvalue weighted by Crippen LogP contribution is -2.32. The molecule has 0 aliphatic carbocycles. The van der Waals surface area contributed by atoms with E-state index in [0.29, 0.717) is 11.4 Å². The molecule has 5 nitrogen and oxygen atoms in total. The summed E-state index contributed by atoms with van der Waals surface area (Å²) in [6.45, 7) is 1.88. The van der Waals surface area contributed by atoms with Crippen LogP contribution in [-0.2, 0) is 9.59 Å². The second-order valence-corrected chi connectivity index (χ2v) is 3.24. The molecule has 16 heavy (non-hydrogen) atoms. The SMILES string of the molecule is CNC(=O)C(=O)Nc1cc(C)ccc1OC. The number of ether oxygens (including phenoxy) is 1. The van der Waals surface area contributed by atoms with Gasteiger partial charge in [0, 0.05) is 7.05 Å². The molecular weight excluding hydrogens is 208 g/mol. The van der Waals surface area contributed by atoms with Gasteiger partial charge in [0.2, 0.25) is 0 Å². The van der Waals surface area contributed by atoms with Crippen LogP contribution in [0, 0.1) is 6.92 Å². The van der Waals surface area contributed by atoms with E-state index in [4.69, 9.17) is 4.74 Å². The lowest BCUT2D eigenvalue weighted by molar-refractivity contribution is -0.135. The van der Waals surface area contributed by atoms with E-state index in [0.717, 1.165) is 5.56 Å². The van der Waals surface area contributed by atoms with Crippen molar-refractivity contribution in [2.75, 3.05) is 19.5 Å². The van der Waals surface area contributed by atoms with Gasteiger partial charge in [-0.3, -0.25) is 9.59 Å². The normalized spacial score (nSPS) is 9.44. The van der Waals surface area contributed by atoms with Crippen molar-refractivity contribution < 1.29 is 14.3 Å². The van der Waals surface area contributed by atoms with E-state index in [2.05, 4.69) is 10.6 Å². The van der Waals surface area contributed by atoms with Crippen LogP contribution in [0.15, 0.2) is 18.2 Å². The maximum Gasteiger partial charge on any atom is 0.313 e. The highest BCUT2D eigenvalue weighted by Crippen LogP contribution is 2.24. The van der Waals surface area contributed by atoms with Crippen molar-refractivity contribution in [3.63, 3.8) is 0 Å². The molecule has 0 atom stereocenters. The summed E-state index contributed by atoms with van der Waals surface area (Å²) < 4.78 is 5.07. The predicted molar refractivity (Wildman–Crippen MR) is 60.4 cm³/mol. The van der Waals surface area contributed by atoms with Crippen LogP contribution in [0.1, 0.15) is 5.56 Å². The Balaban J connectivity index is 2.91. The van der Waals surface area contributed by atoms with E-state index >= 15 is 0 Å². The maximum atomic E-state index is 11.3. The molecule has 0 aliphatic rings. The van der Waals surface area contributed by atoms with Gasteiger partial charge < -0.3 is 15.4 Å². The van der Waals surface area contributed by atoms with Crippen LogP contribution in [0.2, 0.25) is 0 Å². The largest absolute Gasteiger partial charge is 0.495 e. The average Bonchev–Trinajstić information content (AvgIpc) is 2.28. The highest BCUT2D eigenvalue weighted by Gasteiger charge is 2.13. The number of carbonyl (C=O) groups is 2. The molecular formula is C11H14N2O3. The zero-order valence-corrected chi connectivity index (χ0v) is 9.46. The van der Waals surface area contributed by atoms with Crippen LogP contribution in [-0.4, -0.2) is 26.0 Å². The van der Waals surface area contributed by atoms with Gasteiger partial charge in [0.25, 0.3) is 0 Å². The number of methoxy groups -OCH3 is 1. The fourth-order valence-electron chi connectivity index (χ4n) is 1.21. The van der Waals surface area contributed by atoms with Crippen LogP contribution >= 0.6 is 0 Å². The molecule has 5 heteroatoms. The van der Waals surface area contributed by atoms with E-state index in [-0.39, 0.29) is 0 Å². The highest BCUT2D eigenvalue weighted by molar-refractivity contribution is 6.39. The zero-order valence-electron chi connectivity index (χ0n) is 9.46. The summed E-state index contributed by atoms with van der Waals surface area (Å²) in [4.78, 5) is 22.4. The summed E-state index contributed by atoms with van der Waals surface area (Å²) in [5, 5.41) is 4.72. The summed E-state index contributed by atoms with van der Waals surface area (Å²) in [7, 11) is 2.90. The fraction of sp³-hybridized carbons (Fsp3) is 0.273. The molecule has 0 spiro atoms. The molecule has 0 saturated carbocycles. The first kappa shape index (κ1) is 12.0. The minimum atomic E-state index is -0.716. The van der Waals surface area contributed by atoms with E-state index in [1.807, 2.05) is 13.0 Å². The number of aryl methyl sites for hydroxylation is 1. The number of likely N-dealkylation sites (N-methyl/N-ethyl adjacent to an activating group) is 1. The molecule has 0 unspecified atom stereocenters. The van der Waals surface area contributed by atoms with Gasteiger partial charge in [-0.05, 0) is 24.6 Å². The van der Waals surface area contributed by atoms with Gasteiger partial charge in [-0.2, -0.15) is 0 Å². The average molecular weight is 222 g/mol. The van der Waals surface area contributed by atoms with Crippen molar-refractivity contribution in [3.8, 4) is 5.75 Å². The number of rotatable bonds is 2. The summed E-state index contributed by atoms with van der Waals surface area (Å²) >= 11 is 0. The van der Waals surface area contributed by atoms with Gasteiger partial charge in [-0.15, -0.1) is 0 Å². The number of carbonyl (C=O) groups excluding carboxylic acids is 2. The van der Waals surface area contributed by atoms with Gasteiger partial charge in [-0.1, -0.05) is 6.07 Å². The van der Waals surface area contributed by atoms with Crippen molar-refractivity contribution in [2.24, 2.45) is 0 Å².